The Bertz CT molecular complexity index is 487. The van der Waals surface area contributed by atoms with Crippen molar-refractivity contribution in [2.75, 3.05) is 0 Å². The highest BCUT2D eigenvalue weighted by Gasteiger charge is 2.02. The van der Waals surface area contributed by atoms with Gasteiger partial charge in [0.1, 0.15) is 5.78 Å². The standard InChI is InChI=1S/C11H10ClNO/c1-8(14)7-13-5-4-9-2-3-10(12)6-11(9)13/h2-6H,7H2,1H3. The first-order valence-electron chi connectivity index (χ1n) is 4.40. The van der Waals surface area contributed by atoms with Crippen molar-refractivity contribution in [3.8, 4) is 0 Å². The third-order valence-corrected chi connectivity index (χ3v) is 2.36. The van der Waals surface area contributed by atoms with Crippen molar-refractivity contribution in [3.63, 3.8) is 0 Å². The molecule has 1 heterocycles. The number of benzene rings is 1. The average molecular weight is 208 g/mol. The van der Waals surface area contributed by atoms with Gasteiger partial charge >= 0.3 is 0 Å². The van der Waals surface area contributed by atoms with E-state index in [1.165, 1.54) is 0 Å². The van der Waals surface area contributed by atoms with Crippen LogP contribution in [0.3, 0.4) is 0 Å². The summed E-state index contributed by atoms with van der Waals surface area (Å²) in [6.45, 7) is 1.99. The quantitative estimate of drug-likeness (QED) is 0.742. The first kappa shape index (κ1) is 9.28. The topological polar surface area (TPSA) is 22.0 Å². The van der Waals surface area contributed by atoms with Gasteiger partial charge < -0.3 is 4.57 Å². The normalized spacial score (nSPS) is 10.7. The van der Waals surface area contributed by atoms with Crippen molar-refractivity contribution in [1.29, 1.82) is 0 Å². The van der Waals surface area contributed by atoms with Crippen LogP contribution in [0, 0.1) is 0 Å². The molecular weight excluding hydrogens is 198 g/mol. The van der Waals surface area contributed by atoms with Crippen LogP contribution in [0.5, 0.6) is 0 Å². The molecule has 72 valence electrons. The van der Waals surface area contributed by atoms with Gasteiger partial charge in [0.15, 0.2) is 0 Å². The van der Waals surface area contributed by atoms with E-state index in [1.807, 2.05) is 35.0 Å². The fraction of sp³-hybridized carbons (Fsp3) is 0.182. The number of hydrogen-bond donors (Lipinski definition) is 0. The van der Waals surface area contributed by atoms with E-state index in [-0.39, 0.29) is 5.78 Å². The van der Waals surface area contributed by atoms with E-state index in [4.69, 9.17) is 11.6 Å². The smallest absolute Gasteiger partial charge is 0.149 e. The van der Waals surface area contributed by atoms with E-state index in [0.717, 1.165) is 10.9 Å². The van der Waals surface area contributed by atoms with Gasteiger partial charge in [0.25, 0.3) is 0 Å². The van der Waals surface area contributed by atoms with Gasteiger partial charge in [-0.15, -0.1) is 0 Å². The second kappa shape index (κ2) is 3.46. The number of carbonyl (C=O) groups is 1. The van der Waals surface area contributed by atoms with Crippen molar-refractivity contribution in [1.82, 2.24) is 4.57 Å². The number of nitrogens with zero attached hydrogens (tertiary/aromatic N) is 1. The summed E-state index contributed by atoms with van der Waals surface area (Å²) in [6.07, 6.45) is 1.91. The molecule has 0 saturated carbocycles. The molecule has 0 atom stereocenters. The average Bonchev–Trinajstić information content (AvgIpc) is 2.47. The molecular formula is C11H10ClNO. The number of carbonyl (C=O) groups excluding carboxylic acids is 1. The molecule has 0 aliphatic heterocycles. The minimum atomic E-state index is 0.141. The van der Waals surface area contributed by atoms with Crippen LogP contribution in [0.2, 0.25) is 5.02 Å². The molecule has 0 fully saturated rings. The molecule has 1 aromatic carbocycles. The second-order valence-electron chi connectivity index (χ2n) is 3.35. The fourth-order valence-corrected chi connectivity index (χ4v) is 1.70. The predicted molar refractivity (Wildman–Crippen MR) is 57.6 cm³/mol. The molecule has 2 nitrogen and oxygen atoms in total. The minimum absolute atomic E-state index is 0.141. The summed E-state index contributed by atoms with van der Waals surface area (Å²) in [7, 11) is 0. The summed E-state index contributed by atoms with van der Waals surface area (Å²) in [4.78, 5) is 11.0. The van der Waals surface area contributed by atoms with Crippen LogP contribution in [0.4, 0.5) is 0 Å². The molecule has 0 bridgehead atoms. The summed E-state index contributed by atoms with van der Waals surface area (Å²) >= 11 is 5.89. The number of ketones is 1. The maximum absolute atomic E-state index is 11.0. The highest BCUT2D eigenvalue weighted by Crippen LogP contribution is 2.20. The van der Waals surface area contributed by atoms with Crippen LogP contribution >= 0.6 is 11.6 Å². The Hall–Kier alpha value is -1.28. The zero-order chi connectivity index (χ0) is 10.1. The number of aromatic nitrogens is 1. The van der Waals surface area contributed by atoms with E-state index in [0.29, 0.717) is 11.6 Å². The van der Waals surface area contributed by atoms with Crippen molar-refractivity contribution < 1.29 is 4.79 Å². The highest BCUT2D eigenvalue weighted by molar-refractivity contribution is 6.31. The monoisotopic (exact) mass is 207 g/mol. The highest BCUT2D eigenvalue weighted by atomic mass is 35.5. The second-order valence-corrected chi connectivity index (χ2v) is 3.79. The third kappa shape index (κ3) is 1.66. The van der Waals surface area contributed by atoms with Crippen LogP contribution in [-0.2, 0) is 11.3 Å². The lowest BCUT2D eigenvalue weighted by Crippen LogP contribution is -2.04. The van der Waals surface area contributed by atoms with Crippen LogP contribution < -0.4 is 0 Å². The third-order valence-electron chi connectivity index (χ3n) is 2.13. The summed E-state index contributed by atoms with van der Waals surface area (Å²) in [5, 5.41) is 1.80. The Kier molecular flexibility index (Phi) is 2.30. The Morgan fingerprint density at radius 2 is 2.21 bits per heavy atom. The maximum Gasteiger partial charge on any atom is 0.149 e. The predicted octanol–water partition coefficient (Wildman–Crippen LogP) is 2.88. The summed E-state index contributed by atoms with van der Waals surface area (Å²) < 4.78 is 1.91. The molecule has 0 unspecified atom stereocenters. The van der Waals surface area contributed by atoms with Crippen molar-refractivity contribution >= 4 is 28.3 Å². The van der Waals surface area contributed by atoms with E-state index in [2.05, 4.69) is 0 Å². The van der Waals surface area contributed by atoms with E-state index >= 15 is 0 Å². The molecule has 0 amide bonds. The summed E-state index contributed by atoms with van der Waals surface area (Å²) in [5.74, 6) is 0.141. The molecule has 0 N–H and O–H groups in total. The molecule has 0 aliphatic rings. The summed E-state index contributed by atoms with van der Waals surface area (Å²) in [5.41, 5.74) is 1.01. The van der Waals surface area contributed by atoms with E-state index < -0.39 is 0 Å². The van der Waals surface area contributed by atoms with Gasteiger partial charge in [0, 0.05) is 16.7 Å². The molecule has 0 spiro atoms. The molecule has 3 heteroatoms. The Morgan fingerprint density at radius 3 is 2.93 bits per heavy atom. The number of rotatable bonds is 2. The fourth-order valence-electron chi connectivity index (χ4n) is 1.53. The molecule has 0 saturated heterocycles. The number of fused-ring (bicyclic) bond motifs is 1. The number of hydrogen-bond acceptors (Lipinski definition) is 1. The van der Waals surface area contributed by atoms with Gasteiger partial charge in [-0.3, -0.25) is 4.79 Å². The zero-order valence-electron chi connectivity index (χ0n) is 7.83. The van der Waals surface area contributed by atoms with Gasteiger partial charge in [-0.2, -0.15) is 0 Å². The molecule has 14 heavy (non-hydrogen) atoms. The minimum Gasteiger partial charge on any atom is -0.340 e. The number of Topliss-reactive ketones (excluding diaryl/α,β-unsaturated/α-hetero) is 1. The first-order valence-corrected chi connectivity index (χ1v) is 4.78. The molecule has 1 aromatic heterocycles. The molecule has 2 rings (SSSR count). The van der Waals surface area contributed by atoms with Crippen LogP contribution in [0.15, 0.2) is 30.5 Å². The first-order chi connectivity index (χ1) is 6.66. The van der Waals surface area contributed by atoms with E-state index in [1.54, 1.807) is 6.92 Å². The van der Waals surface area contributed by atoms with Crippen molar-refractivity contribution in [2.45, 2.75) is 13.5 Å². The summed E-state index contributed by atoms with van der Waals surface area (Å²) in [6, 6.07) is 7.66. The van der Waals surface area contributed by atoms with Crippen LogP contribution in [0.1, 0.15) is 6.92 Å². The van der Waals surface area contributed by atoms with Crippen molar-refractivity contribution in [2.24, 2.45) is 0 Å². The van der Waals surface area contributed by atoms with Crippen molar-refractivity contribution in [3.05, 3.63) is 35.5 Å². The van der Waals surface area contributed by atoms with Gasteiger partial charge in [-0.25, -0.2) is 0 Å². The molecule has 0 radical (unpaired) electrons. The Labute approximate surface area is 87.1 Å². The molecule has 2 aromatic rings. The maximum atomic E-state index is 11.0. The van der Waals surface area contributed by atoms with E-state index in [9.17, 15) is 4.79 Å². The van der Waals surface area contributed by atoms with Crippen LogP contribution in [-0.4, -0.2) is 10.4 Å². The van der Waals surface area contributed by atoms with Gasteiger partial charge in [0.2, 0.25) is 0 Å². The van der Waals surface area contributed by atoms with Gasteiger partial charge in [-0.1, -0.05) is 17.7 Å². The lowest BCUT2D eigenvalue weighted by molar-refractivity contribution is -0.117. The Morgan fingerprint density at radius 1 is 1.43 bits per heavy atom. The number of halogens is 1. The zero-order valence-corrected chi connectivity index (χ0v) is 8.58. The van der Waals surface area contributed by atoms with Gasteiger partial charge in [-0.05, 0) is 30.5 Å². The lowest BCUT2D eigenvalue weighted by atomic mass is 10.2. The molecule has 0 aliphatic carbocycles. The largest absolute Gasteiger partial charge is 0.340 e. The van der Waals surface area contributed by atoms with Crippen LogP contribution in [0.25, 0.3) is 10.9 Å². The lowest BCUT2D eigenvalue weighted by Gasteiger charge is -2.01. The SMILES string of the molecule is CC(=O)Cn1ccc2ccc(Cl)cc21. The Balaban J connectivity index is 2.55. The van der Waals surface area contributed by atoms with Gasteiger partial charge in [0.05, 0.1) is 6.54 Å².